The molecule has 0 saturated heterocycles. The Morgan fingerprint density at radius 2 is 1.94 bits per heavy atom. The zero-order valence-corrected chi connectivity index (χ0v) is 9.68. The molecule has 0 aromatic heterocycles. The summed E-state index contributed by atoms with van der Waals surface area (Å²) in [5, 5.41) is 10.8. The second-order valence-corrected chi connectivity index (χ2v) is 3.67. The van der Waals surface area contributed by atoms with Gasteiger partial charge in [0.05, 0.1) is 19.6 Å². The van der Waals surface area contributed by atoms with E-state index in [4.69, 9.17) is 10.00 Å². The molecule has 2 aromatic carbocycles. The molecular formula is C15H13NO. The Hall–Kier alpha value is -2.27. The van der Waals surface area contributed by atoms with Crippen molar-refractivity contribution in [3.63, 3.8) is 0 Å². The maximum atomic E-state index is 8.52. The Morgan fingerprint density at radius 3 is 2.65 bits per heavy atom. The van der Waals surface area contributed by atoms with Crippen LogP contribution in [-0.4, -0.2) is 7.11 Å². The fraction of sp³-hybridized carbons (Fsp3) is 0.133. The summed E-state index contributed by atoms with van der Waals surface area (Å²) >= 11 is 0. The van der Waals surface area contributed by atoms with Gasteiger partial charge in [-0.15, -0.1) is 0 Å². The standard InChI is InChI=1S/C15H13NO/c1-17-15-10-9-12(6-4-5-11-16)13-7-2-3-8-14(13)15/h2-4,6-10H,5H2,1H3. The molecule has 0 atom stereocenters. The van der Waals surface area contributed by atoms with E-state index in [1.54, 1.807) is 7.11 Å². The van der Waals surface area contributed by atoms with Crippen LogP contribution < -0.4 is 4.74 Å². The summed E-state index contributed by atoms with van der Waals surface area (Å²) in [6, 6.07) is 14.2. The molecule has 84 valence electrons. The van der Waals surface area contributed by atoms with Gasteiger partial charge in [0.25, 0.3) is 0 Å². The van der Waals surface area contributed by atoms with Crippen LogP contribution in [0.4, 0.5) is 0 Å². The van der Waals surface area contributed by atoms with Crippen molar-refractivity contribution in [3.8, 4) is 11.8 Å². The first-order valence-corrected chi connectivity index (χ1v) is 5.46. The Kier molecular flexibility index (Phi) is 3.42. The number of ether oxygens (including phenoxy) is 1. The van der Waals surface area contributed by atoms with Crippen LogP contribution >= 0.6 is 0 Å². The van der Waals surface area contributed by atoms with E-state index in [2.05, 4.69) is 12.1 Å². The highest BCUT2D eigenvalue weighted by atomic mass is 16.5. The second-order valence-electron chi connectivity index (χ2n) is 3.67. The van der Waals surface area contributed by atoms with E-state index in [1.165, 1.54) is 0 Å². The fourth-order valence-corrected chi connectivity index (χ4v) is 1.86. The molecule has 2 aromatic rings. The van der Waals surface area contributed by atoms with Gasteiger partial charge in [-0.25, -0.2) is 0 Å². The maximum Gasteiger partial charge on any atom is 0.126 e. The van der Waals surface area contributed by atoms with Crippen molar-refractivity contribution < 1.29 is 4.74 Å². The van der Waals surface area contributed by atoms with Gasteiger partial charge in [-0.2, -0.15) is 5.26 Å². The molecule has 0 N–H and O–H groups in total. The third kappa shape index (κ3) is 2.29. The molecule has 2 heteroatoms. The largest absolute Gasteiger partial charge is 0.496 e. The minimum Gasteiger partial charge on any atom is -0.496 e. The predicted molar refractivity (Wildman–Crippen MR) is 69.8 cm³/mol. The van der Waals surface area contributed by atoms with Crippen LogP contribution in [-0.2, 0) is 0 Å². The average molecular weight is 223 g/mol. The van der Waals surface area contributed by atoms with Gasteiger partial charge in [-0.1, -0.05) is 42.5 Å². The number of nitriles is 1. The summed E-state index contributed by atoms with van der Waals surface area (Å²) in [6.45, 7) is 0. The molecule has 0 aliphatic carbocycles. The van der Waals surface area contributed by atoms with E-state index in [0.29, 0.717) is 6.42 Å². The molecule has 0 spiro atoms. The Bertz CT molecular complexity index is 593. The maximum absolute atomic E-state index is 8.52. The van der Waals surface area contributed by atoms with E-state index >= 15 is 0 Å². The van der Waals surface area contributed by atoms with Crippen LogP contribution in [0, 0.1) is 11.3 Å². The summed E-state index contributed by atoms with van der Waals surface area (Å²) in [5.74, 6) is 0.873. The zero-order valence-electron chi connectivity index (χ0n) is 9.68. The van der Waals surface area contributed by atoms with Crippen molar-refractivity contribution in [3.05, 3.63) is 48.0 Å². The van der Waals surface area contributed by atoms with Crippen molar-refractivity contribution in [2.45, 2.75) is 6.42 Å². The number of nitrogens with zero attached hydrogens (tertiary/aromatic N) is 1. The minimum atomic E-state index is 0.431. The van der Waals surface area contributed by atoms with Gasteiger partial charge in [0, 0.05) is 5.39 Å². The van der Waals surface area contributed by atoms with Crippen LogP contribution in [0.1, 0.15) is 12.0 Å². The second kappa shape index (κ2) is 5.18. The summed E-state index contributed by atoms with van der Waals surface area (Å²) in [6.07, 6.45) is 4.28. The lowest BCUT2D eigenvalue weighted by Gasteiger charge is -2.07. The number of rotatable bonds is 3. The average Bonchev–Trinajstić information content (AvgIpc) is 2.39. The summed E-state index contributed by atoms with van der Waals surface area (Å²) < 4.78 is 5.33. The van der Waals surface area contributed by atoms with Crippen LogP contribution in [0.2, 0.25) is 0 Å². The summed E-state index contributed by atoms with van der Waals surface area (Å²) in [5.41, 5.74) is 1.11. The van der Waals surface area contributed by atoms with Gasteiger partial charge < -0.3 is 4.74 Å². The molecule has 17 heavy (non-hydrogen) atoms. The molecule has 0 heterocycles. The molecule has 0 aliphatic heterocycles. The van der Waals surface area contributed by atoms with E-state index in [-0.39, 0.29) is 0 Å². The molecule has 0 amide bonds. The van der Waals surface area contributed by atoms with Crippen LogP contribution in [0.3, 0.4) is 0 Å². The normalized spacial score (nSPS) is 10.6. The third-order valence-corrected chi connectivity index (χ3v) is 2.64. The molecule has 0 aliphatic rings. The van der Waals surface area contributed by atoms with Crippen LogP contribution in [0.15, 0.2) is 42.5 Å². The SMILES string of the molecule is COc1ccc(C=CCC#N)c2ccccc12. The lowest BCUT2D eigenvalue weighted by atomic mass is 10.0. The first kappa shape index (κ1) is 11.2. The molecule has 2 nitrogen and oxygen atoms in total. The highest BCUT2D eigenvalue weighted by molar-refractivity contribution is 5.94. The van der Waals surface area contributed by atoms with Gasteiger partial charge in [-0.3, -0.25) is 0 Å². The van der Waals surface area contributed by atoms with Crippen molar-refractivity contribution in [2.75, 3.05) is 7.11 Å². The van der Waals surface area contributed by atoms with Crippen molar-refractivity contribution in [1.29, 1.82) is 5.26 Å². The first-order chi connectivity index (χ1) is 8.36. The van der Waals surface area contributed by atoms with Gasteiger partial charge >= 0.3 is 0 Å². The number of fused-ring (bicyclic) bond motifs is 1. The third-order valence-electron chi connectivity index (χ3n) is 2.64. The molecule has 0 fully saturated rings. The highest BCUT2D eigenvalue weighted by Gasteiger charge is 2.03. The van der Waals surface area contributed by atoms with E-state index in [0.717, 1.165) is 22.1 Å². The number of benzene rings is 2. The first-order valence-electron chi connectivity index (χ1n) is 5.46. The van der Waals surface area contributed by atoms with E-state index in [9.17, 15) is 0 Å². The molecule has 2 rings (SSSR count). The monoisotopic (exact) mass is 223 g/mol. The number of hydrogen-bond acceptors (Lipinski definition) is 2. The highest BCUT2D eigenvalue weighted by Crippen LogP contribution is 2.28. The van der Waals surface area contributed by atoms with E-state index < -0.39 is 0 Å². The molecule has 0 unspecified atom stereocenters. The van der Waals surface area contributed by atoms with Crippen molar-refractivity contribution in [2.24, 2.45) is 0 Å². The van der Waals surface area contributed by atoms with Crippen molar-refractivity contribution in [1.82, 2.24) is 0 Å². The number of allylic oxidation sites excluding steroid dienone is 1. The van der Waals surface area contributed by atoms with Crippen LogP contribution in [0.5, 0.6) is 5.75 Å². The smallest absolute Gasteiger partial charge is 0.126 e. The Morgan fingerprint density at radius 1 is 1.18 bits per heavy atom. The predicted octanol–water partition coefficient (Wildman–Crippen LogP) is 3.78. The molecular weight excluding hydrogens is 210 g/mol. The Balaban J connectivity index is 2.55. The zero-order chi connectivity index (χ0) is 12.1. The van der Waals surface area contributed by atoms with Gasteiger partial charge in [-0.05, 0) is 17.0 Å². The number of methoxy groups -OCH3 is 1. The minimum absolute atomic E-state index is 0.431. The molecule has 0 bridgehead atoms. The van der Waals surface area contributed by atoms with Gasteiger partial charge in [0.15, 0.2) is 0 Å². The van der Waals surface area contributed by atoms with E-state index in [1.807, 2.05) is 42.5 Å². The summed E-state index contributed by atoms with van der Waals surface area (Å²) in [4.78, 5) is 0. The fourth-order valence-electron chi connectivity index (χ4n) is 1.86. The number of hydrogen-bond donors (Lipinski definition) is 0. The molecule has 0 saturated carbocycles. The molecule has 0 radical (unpaired) electrons. The van der Waals surface area contributed by atoms with Gasteiger partial charge in [0.2, 0.25) is 0 Å². The topological polar surface area (TPSA) is 33.0 Å². The van der Waals surface area contributed by atoms with Crippen LogP contribution in [0.25, 0.3) is 16.8 Å². The lowest BCUT2D eigenvalue weighted by Crippen LogP contribution is -1.86. The Labute approximate surface area is 101 Å². The quantitative estimate of drug-likeness (QED) is 0.793. The van der Waals surface area contributed by atoms with Gasteiger partial charge in [0.1, 0.15) is 5.75 Å². The lowest BCUT2D eigenvalue weighted by molar-refractivity contribution is 0.420. The summed E-state index contributed by atoms with van der Waals surface area (Å²) in [7, 11) is 1.67. The van der Waals surface area contributed by atoms with Crippen molar-refractivity contribution >= 4 is 16.8 Å².